The standard InChI is InChI=1S/C18H35N5O2/c1-4-25-18(24)23-13-8-16(9-14-23)21-17(19-2)20-10-5-15-6-11-22(3)12-7-15/h15-16H,4-14H2,1-3H3,(H2,19,20,21). The predicted molar refractivity (Wildman–Crippen MR) is 101 cm³/mol. The molecule has 0 saturated carbocycles. The highest BCUT2D eigenvalue weighted by Crippen LogP contribution is 2.18. The summed E-state index contributed by atoms with van der Waals surface area (Å²) in [6, 6.07) is 0.361. The second kappa shape index (κ2) is 10.5. The Bertz CT molecular complexity index is 427. The van der Waals surface area contributed by atoms with Crippen LogP contribution in [-0.2, 0) is 4.74 Å². The Balaban J connectivity index is 1.63. The van der Waals surface area contributed by atoms with Crippen LogP contribution in [0.1, 0.15) is 39.0 Å². The predicted octanol–water partition coefficient (Wildman–Crippen LogP) is 1.50. The fourth-order valence-corrected chi connectivity index (χ4v) is 3.55. The van der Waals surface area contributed by atoms with Crippen molar-refractivity contribution in [2.24, 2.45) is 10.9 Å². The van der Waals surface area contributed by atoms with Gasteiger partial charge in [0.1, 0.15) is 0 Å². The van der Waals surface area contributed by atoms with E-state index in [9.17, 15) is 4.79 Å². The lowest BCUT2D eigenvalue weighted by molar-refractivity contribution is 0.0963. The third-order valence-electron chi connectivity index (χ3n) is 5.27. The Morgan fingerprint density at radius 2 is 1.84 bits per heavy atom. The van der Waals surface area contributed by atoms with Crippen molar-refractivity contribution >= 4 is 12.1 Å². The maximum absolute atomic E-state index is 11.7. The Morgan fingerprint density at radius 1 is 1.16 bits per heavy atom. The van der Waals surface area contributed by atoms with E-state index in [0.717, 1.165) is 44.4 Å². The van der Waals surface area contributed by atoms with E-state index in [1.54, 1.807) is 4.90 Å². The normalized spacial score (nSPS) is 21.2. The number of rotatable bonds is 5. The first-order valence-electron chi connectivity index (χ1n) is 9.69. The van der Waals surface area contributed by atoms with Gasteiger partial charge in [0.2, 0.25) is 0 Å². The number of guanidine groups is 1. The van der Waals surface area contributed by atoms with Crippen LogP contribution in [0.3, 0.4) is 0 Å². The van der Waals surface area contributed by atoms with Crippen molar-refractivity contribution in [2.75, 3.05) is 53.4 Å². The van der Waals surface area contributed by atoms with Crippen molar-refractivity contribution in [3.8, 4) is 0 Å². The summed E-state index contributed by atoms with van der Waals surface area (Å²) in [7, 11) is 4.02. The van der Waals surface area contributed by atoms with E-state index in [0.29, 0.717) is 12.6 Å². The van der Waals surface area contributed by atoms with Crippen molar-refractivity contribution < 1.29 is 9.53 Å². The maximum atomic E-state index is 11.7. The van der Waals surface area contributed by atoms with Crippen molar-refractivity contribution in [1.29, 1.82) is 0 Å². The largest absolute Gasteiger partial charge is 0.450 e. The Hall–Kier alpha value is -1.50. The highest BCUT2D eigenvalue weighted by atomic mass is 16.6. The lowest BCUT2D eigenvalue weighted by atomic mass is 9.94. The van der Waals surface area contributed by atoms with Gasteiger partial charge >= 0.3 is 6.09 Å². The number of carbonyl (C=O) groups excluding carboxylic acids is 1. The number of hydrogen-bond donors (Lipinski definition) is 2. The van der Waals surface area contributed by atoms with Gasteiger partial charge in [0.25, 0.3) is 0 Å². The van der Waals surface area contributed by atoms with Crippen LogP contribution >= 0.6 is 0 Å². The SMILES string of the molecule is CCOC(=O)N1CCC(NC(=NC)NCCC2CCN(C)CC2)CC1. The zero-order chi connectivity index (χ0) is 18.1. The maximum Gasteiger partial charge on any atom is 0.409 e. The topological polar surface area (TPSA) is 69.2 Å². The summed E-state index contributed by atoms with van der Waals surface area (Å²) >= 11 is 0. The zero-order valence-corrected chi connectivity index (χ0v) is 16.1. The van der Waals surface area contributed by atoms with E-state index in [4.69, 9.17) is 4.74 Å². The number of nitrogens with one attached hydrogen (secondary N) is 2. The molecular weight excluding hydrogens is 318 g/mol. The molecule has 144 valence electrons. The minimum atomic E-state index is -0.193. The molecule has 2 fully saturated rings. The number of piperidine rings is 2. The smallest absolute Gasteiger partial charge is 0.409 e. The first-order chi connectivity index (χ1) is 12.1. The van der Waals surface area contributed by atoms with Crippen LogP contribution in [-0.4, -0.2) is 81.3 Å². The molecule has 0 atom stereocenters. The summed E-state index contributed by atoms with van der Waals surface area (Å²) < 4.78 is 5.06. The molecule has 25 heavy (non-hydrogen) atoms. The number of amides is 1. The van der Waals surface area contributed by atoms with Gasteiger partial charge in [-0.25, -0.2) is 4.79 Å². The molecule has 2 aliphatic heterocycles. The molecular formula is C18H35N5O2. The quantitative estimate of drug-likeness (QED) is 0.579. The number of hydrogen-bond acceptors (Lipinski definition) is 4. The van der Waals surface area contributed by atoms with Crippen LogP contribution in [0.25, 0.3) is 0 Å². The summed E-state index contributed by atoms with van der Waals surface area (Å²) in [6.45, 7) is 7.16. The van der Waals surface area contributed by atoms with Gasteiger partial charge in [-0.2, -0.15) is 0 Å². The Kier molecular flexibility index (Phi) is 8.31. The molecule has 1 amide bonds. The number of ether oxygens (including phenoxy) is 1. The molecule has 0 aliphatic carbocycles. The molecule has 0 radical (unpaired) electrons. The number of likely N-dealkylation sites (tertiary alicyclic amines) is 2. The van der Waals surface area contributed by atoms with Crippen LogP contribution in [0.4, 0.5) is 4.79 Å². The molecule has 2 aliphatic rings. The number of aliphatic imine (C=N–C) groups is 1. The van der Waals surface area contributed by atoms with Crippen molar-refractivity contribution in [3.63, 3.8) is 0 Å². The molecule has 0 bridgehead atoms. The van der Waals surface area contributed by atoms with E-state index in [-0.39, 0.29) is 6.09 Å². The molecule has 2 rings (SSSR count). The van der Waals surface area contributed by atoms with E-state index in [1.807, 2.05) is 14.0 Å². The monoisotopic (exact) mass is 353 g/mol. The number of carbonyl (C=O) groups is 1. The van der Waals surface area contributed by atoms with Crippen LogP contribution in [0.15, 0.2) is 4.99 Å². The van der Waals surface area contributed by atoms with Crippen LogP contribution < -0.4 is 10.6 Å². The molecule has 0 aromatic heterocycles. The van der Waals surface area contributed by atoms with Gasteiger partial charge in [0, 0.05) is 32.7 Å². The van der Waals surface area contributed by atoms with E-state index in [1.165, 1.54) is 32.4 Å². The lowest BCUT2D eigenvalue weighted by Crippen LogP contribution is -2.50. The van der Waals surface area contributed by atoms with Gasteiger partial charge in [-0.05, 0) is 65.1 Å². The van der Waals surface area contributed by atoms with Gasteiger partial charge in [0.05, 0.1) is 6.61 Å². The van der Waals surface area contributed by atoms with E-state index >= 15 is 0 Å². The summed E-state index contributed by atoms with van der Waals surface area (Å²) in [5.41, 5.74) is 0. The van der Waals surface area contributed by atoms with Crippen LogP contribution in [0.2, 0.25) is 0 Å². The second-order valence-corrected chi connectivity index (χ2v) is 7.14. The van der Waals surface area contributed by atoms with E-state index < -0.39 is 0 Å². The molecule has 0 aromatic rings. The van der Waals surface area contributed by atoms with Crippen LogP contribution in [0.5, 0.6) is 0 Å². The molecule has 7 nitrogen and oxygen atoms in total. The van der Waals surface area contributed by atoms with Crippen molar-refractivity contribution in [1.82, 2.24) is 20.4 Å². The van der Waals surface area contributed by atoms with E-state index in [2.05, 4.69) is 27.6 Å². The molecule has 0 aromatic carbocycles. The third-order valence-corrected chi connectivity index (χ3v) is 5.27. The van der Waals surface area contributed by atoms with Gasteiger partial charge in [-0.15, -0.1) is 0 Å². The average molecular weight is 354 g/mol. The van der Waals surface area contributed by atoms with Crippen molar-refractivity contribution in [2.45, 2.75) is 45.1 Å². The Labute approximate surface area is 152 Å². The van der Waals surface area contributed by atoms with Gasteiger partial charge in [-0.1, -0.05) is 0 Å². The molecule has 2 N–H and O–H groups in total. The first-order valence-corrected chi connectivity index (χ1v) is 9.69. The van der Waals surface area contributed by atoms with Crippen molar-refractivity contribution in [3.05, 3.63) is 0 Å². The minimum Gasteiger partial charge on any atom is -0.450 e. The third kappa shape index (κ3) is 6.72. The summed E-state index contributed by atoms with van der Waals surface area (Å²) in [5.74, 6) is 1.71. The van der Waals surface area contributed by atoms with Gasteiger partial charge in [-0.3, -0.25) is 4.99 Å². The average Bonchev–Trinajstić information content (AvgIpc) is 2.63. The van der Waals surface area contributed by atoms with Crippen LogP contribution in [0, 0.1) is 5.92 Å². The molecule has 2 saturated heterocycles. The lowest BCUT2D eigenvalue weighted by Gasteiger charge is -2.32. The fraction of sp³-hybridized carbons (Fsp3) is 0.889. The molecule has 0 unspecified atom stereocenters. The first kappa shape index (κ1) is 19.8. The highest BCUT2D eigenvalue weighted by molar-refractivity contribution is 5.80. The Morgan fingerprint density at radius 3 is 2.44 bits per heavy atom. The second-order valence-electron chi connectivity index (χ2n) is 7.14. The highest BCUT2D eigenvalue weighted by Gasteiger charge is 2.24. The summed E-state index contributed by atoms with van der Waals surface area (Å²) in [4.78, 5) is 20.3. The minimum absolute atomic E-state index is 0.193. The zero-order valence-electron chi connectivity index (χ0n) is 16.1. The fourth-order valence-electron chi connectivity index (χ4n) is 3.55. The van der Waals surface area contributed by atoms with Gasteiger partial charge < -0.3 is 25.2 Å². The summed E-state index contributed by atoms with van der Waals surface area (Å²) in [6.07, 6.45) is 5.47. The molecule has 7 heteroatoms. The molecule has 0 spiro atoms. The number of nitrogens with zero attached hydrogens (tertiary/aromatic N) is 3. The van der Waals surface area contributed by atoms with Gasteiger partial charge in [0.15, 0.2) is 5.96 Å². The summed E-state index contributed by atoms with van der Waals surface area (Å²) in [5, 5.41) is 6.94. The molecule has 2 heterocycles.